The second-order valence-corrected chi connectivity index (χ2v) is 6.44. The quantitative estimate of drug-likeness (QED) is 0.940. The molecule has 0 amide bonds. The summed E-state index contributed by atoms with van der Waals surface area (Å²) >= 11 is 1.51. The summed E-state index contributed by atoms with van der Waals surface area (Å²) in [6.07, 6.45) is 4.11. The van der Waals surface area contributed by atoms with Gasteiger partial charge in [-0.25, -0.2) is 4.98 Å². The maximum atomic E-state index is 12.1. The number of carbonyl (C=O) groups is 1. The molecule has 1 aromatic carbocycles. The molecule has 0 bridgehead atoms. The van der Waals surface area contributed by atoms with Crippen molar-refractivity contribution in [2.75, 3.05) is 23.9 Å². The lowest BCUT2D eigenvalue weighted by Gasteiger charge is -2.12. The van der Waals surface area contributed by atoms with Gasteiger partial charge in [-0.3, -0.25) is 9.80 Å². The van der Waals surface area contributed by atoms with Gasteiger partial charge in [-0.15, -0.1) is 0 Å². The standard InChI is InChI=1S/C15H16N4O2S/c20-14-7-19(10-3-4-12-13(6-10)17-9-16-12)18-15(14)22-8-11-2-1-5-21-11/h3-4,6,9,11H,1-2,5,7-8H2,(H,16,17). The highest BCUT2D eigenvalue weighted by Crippen LogP contribution is 2.26. The van der Waals surface area contributed by atoms with Crippen LogP contribution in [-0.4, -0.2) is 45.8 Å². The molecule has 1 fully saturated rings. The highest BCUT2D eigenvalue weighted by atomic mass is 32.2. The van der Waals surface area contributed by atoms with E-state index in [4.69, 9.17) is 4.74 Å². The number of nitrogens with one attached hydrogen (secondary N) is 1. The first kappa shape index (κ1) is 13.8. The summed E-state index contributed by atoms with van der Waals surface area (Å²) in [5.41, 5.74) is 2.75. The Kier molecular flexibility index (Phi) is 3.59. The lowest BCUT2D eigenvalue weighted by molar-refractivity contribution is -0.111. The van der Waals surface area contributed by atoms with Gasteiger partial charge in [0.1, 0.15) is 6.54 Å². The Morgan fingerprint density at radius 3 is 3.27 bits per heavy atom. The van der Waals surface area contributed by atoms with Crippen LogP contribution in [0.1, 0.15) is 12.8 Å². The van der Waals surface area contributed by atoms with Crippen LogP contribution in [0.5, 0.6) is 0 Å². The van der Waals surface area contributed by atoms with E-state index in [-0.39, 0.29) is 11.9 Å². The van der Waals surface area contributed by atoms with E-state index in [1.54, 1.807) is 11.3 Å². The highest BCUT2D eigenvalue weighted by Gasteiger charge is 2.27. The fourth-order valence-electron chi connectivity index (χ4n) is 2.69. The van der Waals surface area contributed by atoms with Crippen LogP contribution in [-0.2, 0) is 9.53 Å². The zero-order chi connectivity index (χ0) is 14.9. The third-order valence-corrected chi connectivity index (χ3v) is 5.00. The molecular weight excluding hydrogens is 300 g/mol. The van der Waals surface area contributed by atoms with Gasteiger partial charge in [0, 0.05) is 12.4 Å². The summed E-state index contributed by atoms with van der Waals surface area (Å²) in [6.45, 7) is 1.13. The second-order valence-electron chi connectivity index (χ2n) is 5.44. The minimum Gasteiger partial charge on any atom is -0.377 e. The molecule has 1 atom stereocenters. The minimum absolute atomic E-state index is 0.0766. The minimum atomic E-state index is 0.0766. The number of H-pyrrole nitrogens is 1. The Morgan fingerprint density at radius 2 is 2.41 bits per heavy atom. The number of hydrazone groups is 1. The maximum absolute atomic E-state index is 12.1. The molecule has 7 heteroatoms. The van der Waals surface area contributed by atoms with E-state index >= 15 is 0 Å². The van der Waals surface area contributed by atoms with Crippen LogP contribution < -0.4 is 5.01 Å². The third kappa shape index (κ3) is 2.62. The normalized spacial score (nSPS) is 21.8. The van der Waals surface area contributed by atoms with Crippen LogP contribution >= 0.6 is 11.8 Å². The number of ketones is 1. The zero-order valence-electron chi connectivity index (χ0n) is 12.0. The van der Waals surface area contributed by atoms with Gasteiger partial charge in [0.2, 0.25) is 5.78 Å². The predicted molar refractivity (Wildman–Crippen MR) is 87.3 cm³/mol. The van der Waals surface area contributed by atoms with Crippen molar-refractivity contribution in [2.45, 2.75) is 18.9 Å². The lowest BCUT2D eigenvalue weighted by atomic mass is 10.2. The van der Waals surface area contributed by atoms with E-state index in [1.807, 2.05) is 18.2 Å². The van der Waals surface area contributed by atoms with E-state index in [0.717, 1.165) is 41.9 Å². The van der Waals surface area contributed by atoms with Gasteiger partial charge in [0.05, 0.1) is 29.2 Å². The monoisotopic (exact) mass is 316 g/mol. The van der Waals surface area contributed by atoms with Gasteiger partial charge in [0.25, 0.3) is 0 Å². The number of thioether (sulfide) groups is 1. The van der Waals surface area contributed by atoms with E-state index in [2.05, 4.69) is 15.1 Å². The molecule has 3 heterocycles. The second kappa shape index (κ2) is 5.73. The Balaban J connectivity index is 1.49. The number of Topliss-reactive ketones (excluding diaryl/α,β-unsaturated/α-hetero) is 1. The van der Waals surface area contributed by atoms with Crippen LogP contribution in [0, 0.1) is 0 Å². The first-order valence-electron chi connectivity index (χ1n) is 7.36. The molecule has 1 N–H and O–H groups in total. The number of rotatable bonds is 3. The molecular formula is C15H16N4O2S. The number of aromatic nitrogens is 2. The van der Waals surface area contributed by atoms with Crippen molar-refractivity contribution >= 4 is 39.3 Å². The number of hydrogen-bond acceptors (Lipinski definition) is 6. The van der Waals surface area contributed by atoms with Crippen LogP contribution in [0.4, 0.5) is 5.69 Å². The van der Waals surface area contributed by atoms with Crippen molar-refractivity contribution in [3.05, 3.63) is 24.5 Å². The lowest BCUT2D eigenvalue weighted by Crippen LogP contribution is -2.18. The van der Waals surface area contributed by atoms with E-state index < -0.39 is 0 Å². The summed E-state index contributed by atoms with van der Waals surface area (Å²) in [7, 11) is 0. The molecule has 2 aliphatic rings. The van der Waals surface area contributed by atoms with Crippen LogP contribution in [0.25, 0.3) is 11.0 Å². The number of nitrogens with zero attached hydrogens (tertiary/aromatic N) is 3. The van der Waals surface area contributed by atoms with E-state index in [1.165, 1.54) is 11.8 Å². The van der Waals surface area contributed by atoms with Gasteiger partial charge in [0.15, 0.2) is 5.04 Å². The summed E-state index contributed by atoms with van der Waals surface area (Å²) < 4.78 is 5.59. The number of aromatic amines is 1. The molecule has 114 valence electrons. The first-order valence-corrected chi connectivity index (χ1v) is 8.35. The van der Waals surface area contributed by atoms with E-state index in [9.17, 15) is 4.79 Å². The van der Waals surface area contributed by atoms with Crippen molar-refractivity contribution in [2.24, 2.45) is 5.10 Å². The van der Waals surface area contributed by atoms with Gasteiger partial charge in [-0.1, -0.05) is 11.8 Å². The third-order valence-electron chi connectivity index (χ3n) is 3.88. The molecule has 1 saturated heterocycles. The van der Waals surface area contributed by atoms with Gasteiger partial charge < -0.3 is 9.72 Å². The summed E-state index contributed by atoms with van der Waals surface area (Å²) in [5.74, 6) is 0.880. The molecule has 0 saturated carbocycles. The average Bonchev–Trinajstić information content (AvgIpc) is 3.25. The molecule has 1 unspecified atom stereocenters. The first-order chi connectivity index (χ1) is 10.8. The highest BCUT2D eigenvalue weighted by molar-refractivity contribution is 8.15. The summed E-state index contributed by atoms with van der Waals surface area (Å²) in [4.78, 5) is 19.4. The molecule has 1 aromatic heterocycles. The van der Waals surface area contributed by atoms with Crippen LogP contribution in [0.15, 0.2) is 29.6 Å². The fourth-order valence-corrected chi connectivity index (χ4v) is 3.68. The molecule has 2 aromatic rings. The van der Waals surface area contributed by atoms with Crippen molar-refractivity contribution in [3.8, 4) is 0 Å². The number of fused-ring (bicyclic) bond motifs is 1. The SMILES string of the molecule is O=C1CN(c2ccc3nc[nH]c3c2)N=C1SCC1CCCO1. The molecule has 2 aliphatic heterocycles. The summed E-state index contributed by atoms with van der Waals surface area (Å²) in [6, 6.07) is 5.83. The molecule has 22 heavy (non-hydrogen) atoms. The van der Waals surface area contributed by atoms with Crippen LogP contribution in [0.3, 0.4) is 0 Å². The number of hydrogen-bond donors (Lipinski definition) is 1. The van der Waals surface area contributed by atoms with Gasteiger partial charge in [-0.05, 0) is 31.0 Å². The Labute approximate surface area is 131 Å². The van der Waals surface area contributed by atoms with Crippen LogP contribution in [0.2, 0.25) is 0 Å². The zero-order valence-corrected chi connectivity index (χ0v) is 12.8. The van der Waals surface area contributed by atoms with Crippen molar-refractivity contribution in [3.63, 3.8) is 0 Å². The predicted octanol–water partition coefficient (Wildman–Crippen LogP) is 2.18. The van der Waals surface area contributed by atoms with E-state index in [0.29, 0.717) is 11.6 Å². The fraction of sp³-hybridized carbons (Fsp3) is 0.400. The Bertz CT molecular complexity index is 736. The smallest absolute Gasteiger partial charge is 0.210 e. The molecule has 6 nitrogen and oxygen atoms in total. The van der Waals surface area contributed by atoms with Crippen molar-refractivity contribution in [1.29, 1.82) is 0 Å². The topological polar surface area (TPSA) is 70.6 Å². The number of carbonyl (C=O) groups excluding carboxylic acids is 1. The van der Waals surface area contributed by atoms with Crippen molar-refractivity contribution in [1.82, 2.24) is 9.97 Å². The number of benzene rings is 1. The Hall–Kier alpha value is -1.86. The maximum Gasteiger partial charge on any atom is 0.210 e. The van der Waals surface area contributed by atoms with Gasteiger partial charge in [-0.2, -0.15) is 5.10 Å². The number of anilines is 1. The number of imidazole rings is 1. The van der Waals surface area contributed by atoms with Gasteiger partial charge >= 0.3 is 0 Å². The molecule has 0 aliphatic carbocycles. The molecule has 0 spiro atoms. The summed E-state index contributed by atoms with van der Waals surface area (Å²) in [5, 5.41) is 6.80. The Morgan fingerprint density at radius 1 is 1.45 bits per heavy atom. The van der Waals surface area contributed by atoms with Crippen molar-refractivity contribution < 1.29 is 9.53 Å². The average molecular weight is 316 g/mol. The number of ether oxygens (including phenoxy) is 1. The largest absolute Gasteiger partial charge is 0.377 e. The molecule has 0 radical (unpaired) electrons. The molecule has 4 rings (SSSR count).